The number of hydrogen-bond acceptors (Lipinski definition) is 4. The van der Waals surface area contributed by atoms with Gasteiger partial charge in [-0.05, 0) is 12.8 Å². The van der Waals surface area contributed by atoms with E-state index in [4.69, 9.17) is 21.7 Å². The first-order valence-electron chi connectivity index (χ1n) is 5.07. The maximum Gasteiger partial charge on any atom is 0.311 e. The number of hydrogen-bond donors (Lipinski definition) is 4. The molecule has 0 saturated carbocycles. The SMILES string of the molecule is NCCN.O=C(O)C1C=CCCC1C(=O)O. The van der Waals surface area contributed by atoms with Crippen molar-refractivity contribution < 1.29 is 19.8 Å². The van der Waals surface area contributed by atoms with Gasteiger partial charge in [0, 0.05) is 13.1 Å². The van der Waals surface area contributed by atoms with Crippen molar-refractivity contribution in [2.45, 2.75) is 12.8 Å². The van der Waals surface area contributed by atoms with Crippen molar-refractivity contribution in [2.75, 3.05) is 13.1 Å². The molecule has 2 unspecified atom stereocenters. The van der Waals surface area contributed by atoms with Crippen LogP contribution in [-0.2, 0) is 9.59 Å². The molecule has 16 heavy (non-hydrogen) atoms. The summed E-state index contributed by atoms with van der Waals surface area (Å²) >= 11 is 0. The van der Waals surface area contributed by atoms with Crippen LogP contribution in [0.25, 0.3) is 0 Å². The van der Waals surface area contributed by atoms with Gasteiger partial charge in [0.1, 0.15) is 0 Å². The lowest BCUT2D eigenvalue weighted by Crippen LogP contribution is -2.30. The fourth-order valence-corrected chi connectivity index (χ4v) is 1.36. The van der Waals surface area contributed by atoms with E-state index in [-0.39, 0.29) is 0 Å². The van der Waals surface area contributed by atoms with Crippen molar-refractivity contribution in [1.29, 1.82) is 0 Å². The van der Waals surface area contributed by atoms with Gasteiger partial charge in [0.15, 0.2) is 0 Å². The number of carboxylic acid groups (broad SMARTS) is 2. The van der Waals surface area contributed by atoms with E-state index in [0.717, 1.165) is 0 Å². The minimum absolute atomic E-state index is 0.419. The molecule has 0 bridgehead atoms. The molecular formula is C10H18N2O4. The lowest BCUT2D eigenvalue weighted by atomic mass is 9.84. The van der Waals surface area contributed by atoms with Crippen LogP contribution in [-0.4, -0.2) is 35.2 Å². The summed E-state index contributed by atoms with van der Waals surface area (Å²) in [5.74, 6) is -3.69. The van der Waals surface area contributed by atoms with E-state index >= 15 is 0 Å². The third kappa shape index (κ3) is 4.90. The van der Waals surface area contributed by atoms with Crippen molar-refractivity contribution >= 4 is 11.9 Å². The highest BCUT2D eigenvalue weighted by molar-refractivity contribution is 5.81. The summed E-state index contributed by atoms with van der Waals surface area (Å²) in [6.45, 7) is 1.19. The van der Waals surface area contributed by atoms with E-state index in [0.29, 0.717) is 25.9 Å². The van der Waals surface area contributed by atoms with Gasteiger partial charge in [-0.2, -0.15) is 0 Å². The van der Waals surface area contributed by atoms with Gasteiger partial charge in [-0.1, -0.05) is 12.2 Å². The highest BCUT2D eigenvalue weighted by Gasteiger charge is 2.32. The Hall–Kier alpha value is -1.40. The normalized spacial score (nSPS) is 23.1. The highest BCUT2D eigenvalue weighted by atomic mass is 16.4. The second kappa shape index (κ2) is 7.84. The van der Waals surface area contributed by atoms with E-state index < -0.39 is 23.8 Å². The van der Waals surface area contributed by atoms with Crippen molar-refractivity contribution in [3.05, 3.63) is 12.2 Å². The first kappa shape index (κ1) is 14.6. The number of carboxylic acids is 2. The monoisotopic (exact) mass is 230 g/mol. The predicted octanol–water partition coefficient (Wildman–Crippen LogP) is -0.358. The van der Waals surface area contributed by atoms with Crippen LogP contribution >= 0.6 is 0 Å². The molecule has 0 radical (unpaired) electrons. The van der Waals surface area contributed by atoms with E-state index in [1.54, 1.807) is 6.08 Å². The summed E-state index contributed by atoms with van der Waals surface area (Å²) in [7, 11) is 0. The molecule has 1 aliphatic carbocycles. The minimum Gasteiger partial charge on any atom is -0.481 e. The average Bonchev–Trinajstić information content (AvgIpc) is 2.29. The van der Waals surface area contributed by atoms with Crippen molar-refractivity contribution in [3.8, 4) is 0 Å². The van der Waals surface area contributed by atoms with E-state index in [2.05, 4.69) is 0 Å². The molecule has 0 amide bonds. The molecule has 6 nitrogen and oxygen atoms in total. The summed E-state index contributed by atoms with van der Waals surface area (Å²) < 4.78 is 0. The van der Waals surface area contributed by atoms with E-state index in [1.165, 1.54) is 6.08 Å². The summed E-state index contributed by atoms with van der Waals surface area (Å²) in [6, 6.07) is 0. The smallest absolute Gasteiger partial charge is 0.311 e. The van der Waals surface area contributed by atoms with Crippen molar-refractivity contribution in [3.63, 3.8) is 0 Å². The van der Waals surface area contributed by atoms with Crippen LogP contribution in [0, 0.1) is 11.8 Å². The summed E-state index contributed by atoms with van der Waals surface area (Å²) in [6.07, 6.45) is 4.26. The molecule has 0 aromatic carbocycles. The number of aliphatic carboxylic acids is 2. The molecule has 1 aliphatic rings. The van der Waals surface area contributed by atoms with Crippen LogP contribution in [0.5, 0.6) is 0 Å². The molecule has 0 fully saturated rings. The maximum atomic E-state index is 10.6. The topological polar surface area (TPSA) is 127 Å². The average molecular weight is 230 g/mol. The highest BCUT2D eigenvalue weighted by Crippen LogP contribution is 2.24. The molecule has 2 atom stereocenters. The van der Waals surface area contributed by atoms with Gasteiger partial charge in [-0.3, -0.25) is 9.59 Å². The van der Waals surface area contributed by atoms with E-state index in [9.17, 15) is 9.59 Å². The zero-order chi connectivity index (χ0) is 12.6. The minimum atomic E-state index is -1.06. The molecule has 6 heteroatoms. The number of rotatable bonds is 3. The molecule has 92 valence electrons. The van der Waals surface area contributed by atoms with Crippen LogP contribution in [0.3, 0.4) is 0 Å². The molecule has 0 aromatic heterocycles. The fraction of sp³-hybridized carbons (Fsp3) is 0.600. The first-order valence-corrected chi connectivity index (χ1v) is 5.07. The Morgan fingerprint density at radius 2 is 1.75 bits per heavy atom. The summed E-state index contributed by atoms with van der Waals surface area (Å²) in [5, 5.41) is 17.3. The lowest BCUT2D eigenvalue weighted by molar-refractivity contribution is -0.152. The van der Waals surface area contributed by atoms with Gasteiger partial charge in [0.25, 0.3) is 0 Å². The fourth-order valence-electron chi connectivity index (χ4n) is 1.36. The van der Waals surface area contributed by atoms with Crippen LogP contribution < -0.4 is 11.5 Å². The zero-order valence-electron chi connectivity index (χ0n) is 9.00. The van der Waals surface area contributed by atoms with Crippen molar-refractivity contribution in [1.82, 2.24) is 0 Å². The Kier molecular flexibility index (Phi) is 7.15. The van der Waals surface area contributed by atoms with Crippen LogP contribution in [0.4, 0.5) is 0 Å². The maximum absolute atomic E-state index is 10.6. The standard InChI is InChI=1S/C8H10O4.C2H8N2/c9-7(10)5-3-1-2-4-6(5)8(11)12;3-1-2-4/h1,3,5-6H,2,4H2,(H,9,10)(H,11,12);1-4H2. The molecule has 0 aromatic rings. The summed E-state index contributed by atoms with van der Waals surface area (Å²) in [4.78, 5) is 21.1. The largest absolute Gasteiger partial charge is 0.481 e. The third-order valence-corrected chi connectivity index (χ3v) is 2.19. The third-order valence-electron chi connectivity index (χ3n) is 2.19. The van der Waals surface area contributed by atoms with Crippen LogP contribution in [0.15, 0.2) is 12.2 Å². The molecule has 0 aliphatic heterocycles. The Morgan fingerprint density at radius 3 is 2.06 bits per heavy atom. The molecule has 1 rings (SSSR count). The Bertz CT molecular complexity index is 264. The Labute approximate surface area is 93.9 Å². The number of allylic oxidation sites excluding steroid dienone is 1. The van der Waals surface area contributed by atoms with Gasteiger partial charge in [0.05, 0.1) is 11.8 Å². The van der Waals surface area contributed by atoms with Crippen LogP contribution in [0.2, 0.25) is 0 Å². The zero-order valence-corrected chi connectivity index (χ0v) is 9.00. The van der Waals surface area contributed by atoms with Gasteiger partial charge < -0.3 is 21.7 Å². The quantitative estimate of drug-likeness (QED) is 0.490. The first-order chi connectivity index (χ1) is 7.54. The number of carbonyl (C=O) groups is 2. The van der Waals surface area contributed by atoms with Gasteiger partial charge >= 0.3 is 11.9 Å². The second-order valence-electron chi connectivity index (χ2n) is 3.39. The molecular weight excluding hydrogens is 212 g/mol. The molecule has 0 spiro atoms. The second-order valence-corrected chi connectivity index (χ2v) is 3.39. The Balaban J connectivity index is 0.000000487. The number of nitrogens with two attached hydrogens (primary N) is 2. The molecule has 6 N–H and O–H groups in total. The Morgan fingerprint density at radius 1 is 1.19 bits per heavy atom. The van der Waals surface area contributed by atoms with Gasteiger partial charge in [-0.25, -0.2) is 0 Å². The lowest BCUT2D eigenvalue weighted by Gasteiger charge is -2.19. The molecule has 0 heterocycles. The van der Waals surface area contributed by atoms with Crippen LogP contribution in [0.1, 0.15) is 12.8 Å². The molecule has 0 saturated heterocycles. The van der Waals surface area contributed by atoms with Gasteiger partial charge in [0.2, 0.25) is 0 Å². The van der Waals surface area contributed by atoms with Gasteiger partial charge in [-0.15, -0.1) is 0 Å². The van der Waals surface area contributed by atoms with E-state index in [1.807, 2.05) is 0 Å². The predicted molar refractivity (Wildman–Crippen MR) is 58.7 cm³/mol. The van der Waals surface area contributed by atoms with Crippen molar-refractivity contribution in [2.24, 2.45) is 23.3 Å². The summed E-state index contributed by atoms with van der Waals surface area (Å²) in [5.41, 5.74) is 9.81.